The number of esters is 1. The van der Waals surface area contributed by atoms with Crippen LogP contribution in [0.1, 0.15) is 32.3 Å². The van der Waals surface area contributed by atoms with Gasteiger partial charge in [0.25, 0.3) is 0 Å². The Kier molecular flexibility index (Phi) is 7.48. The number of nitrogens with two attached hydrogens (primary N) is 1. The lowest BCUT2D eigenvalue weighted by molar-refractivity contribution is 0.0740. The van der Waals surface area contributed by atoms with Crippen LogP contribution in [0.15, 0.2) is 96.4 Å². The number of ether oxygens (including phenoxy) is 3. The van der Waals surface area contributed by atoms with E-state index in [9.17, 15) is 14.4 Å². The second-order valence-electron chi connectivity index (χ2n) is 9.38. The monoisotopic (exact) mass is 616 g/mol. The fourth-order valence-electron chi connectivity index (χ4n) is 4.67. The topological polar surface area (TPSA) is 94.6 Å². The fraction of sp³-hybridized carbons (Fsp3) is 0.0625. The molecule has 6 nitrogen and oxygen atoms in total. The van der Waals surface area contributed by atoms with Crippen molar-refractivity contribution in [1.29, 1.82) is 5.26 Å². The van der Waals surface area contributed by atoms with Gasteiger partial charge >= 0.3 is 5.97 Å². The van der Waals surface area contributed by atoms with Gasteiger partial charge in [0.2, 0.25) is 5.88 Å². The zero-order valence-electron chi connectivity index (χ0n) is 21.6. The molecule has 0 spiro atoms. The summed E-state index contributed by atoms with van der Waals surface area (Å²) in [6.07, 6.45) is 0. The molecule has 1 unspecified atom stereocenters. The molecule has 1 aliphatic rings. The Labute approximate surface area is 253 Å². The molecule has 10 heteroatoms. The van der Waals surface area contributed by atoms with Crippen molar-refractivity contribution in [2.75, 3.05) is 0 Å². The Hall–Kier alpha value is -4.55. The van der Waals surface area contributed by atoms with E-state index in [1.54, 1.807) is 60.7 Å². The summed E-state index contributed by atoms with van der Waals surface area (Å²) in [7, 11) is 0. The largest absolute Gasteiger partial charge is 0.489 e. The van der Waals surface area contributed by atoms with Crippen LogP contribution in [0.2, 0.25) is 10.0 Å². The van der Waals surface area contributed by atoms with Gasteiger partial charge in [0.15, 0.2) is 0 Å². The number of hydrogen-bond acceptors (Lipinski definition) is 7. The molecule has 42 heavy (non-hydrogen) atoms. The lowest BCUT2D eigenvalue weighted by Gasteiger charge is -2.26. The molecule has 1 aromatic heterocycles. The maximum atomic E-state index is 13.2. The van der Waals surface area contributed by atoms with Crippen molar-refractivity contribution in [3.05, 3.63) is 134 Å². The smallest absolute Gasteiger partial charge is 0.355 e. The standard InChI is InChI=1S/C32H19Cl2FN2O4S/c33-19-5-11-24-27(13-19)42-30(29(24)34)32(38)40-22-10-12-23-26(14-22)41-31(37)25(15-36)28(23)18-3-8-21(9-4-18)39-16-17-1-6-20(35)7-2-17/h1-14,28H,16,37H2. The molecule has 0 aliphatic carbocycles. The lowest BCUT2D eigenvalue weighted by atomic mass is 9.83. The number of nitrogens with zero attached hydrogens (tertiary/aromatic N) is 1. The molecule has 1 aliphatic heterocycles. The SMILES string of the molecule is N#CC1=C(N)Oc2cc(OC(=O)c3sc4cc(Cl)ccc4c3Cl)ccc2C1c1ccc(OCc2ccc(F)cc2)cc1. The van der Waals surface area contributed by atoms with Crippen LogP contribution in [0.4, 0.5) is 4.39 Å². The number of allylic oxidation sites excluding steroid dienone is 1. The summed E-state index contributed by atoms with van der Waals surface area (Å²) >= 11 is 13.7. The molecule has 0 saturated heterocycles. The minimum atomic E-state index is -0.623. The van der Waals surface area contributed by atoms with E-state index in [1.807, 2.05) is 12.1 Å². The molecule has 2 heterocycles. The number of nitriles is 1. The molecular formula is C32H19Cl2FN2O4S. The van der Waals surface area contributed by atoms with Gasteiger partial charge in [0.05, 0.1) is 10.9 Å². The molecular weight excluding hydrogens is 598 g/mol. The van der Waals surface area contributed by atoms with E-state index < -0.39 is 11.9 Å². The van der Waals surface area contributed by atoms with Crippen LogP contribution in [0, 0.1) is 17.1 Å². The number of fused-ring (bicyclic) bond motifs is 2. The predicted octanol–water partition coefficient (Wildman–Crippen LogP) is 8.36. The van der Waals surface area contributed by atoms with Crippen LogP contribution in [0.5, 0.6) is 17.2 Å². The third kappa shape index (κ3) is 5.38. The summed E-state index contributed by atoms with van der Waals surface area (Å²) in [5.41, 5.74) is 8.70. The van der Waals surface area contributed by atoms with Crippen molar-refractivity contribution < 1.29 is 23.4 Å². The minimum Gasteiger partial charge on any atom is -0.489 e. The summed E-state index contributed by atoms with van der Waals surface area (Å²) < 4.78 is 31.2. The molecule has 0 amide bonds. The van der Waals surface area contributed by atoms with Gasteiger partial charge in [-0.3, -0.25) is 0 Å². The Morgan fingerprint density at radius 2 is 1.74 bits per heavy atom. The Morgan fingerprint density at radius 1 is 1.00 bits per heavy atom. The zero-order chi connectivity index (χ0) is 29.4. The van der Waals surface area contributed by atoms with Crippen LogP contribution in [-0.4, -0.2) is 5.97 Å². The van der Waals surface area contributed by atoms with Crippen LogP contribution in [0.3, 0.4) is 0 Å². The second-order valence-corrected chi connectivity index (χ2v) is 11.3. The van der Waals surface area contributed by atoms with E-state index in [4.69, 9.17) is 43.1 Å². The van der Waals surface area contributed by atoms with Crippen LogP contribution < -0.4 is 19.9 Å². The van der Waals surface area contributed by atoms with Gasteiger partial charge in [-0.15, -0.1) is 11.3 Å². The normalized spacial score (nSPS) is 14.2. The first-order valence-corrected chi connectivity index (χ1v) is 14.2. The van der Waals surface area contributed by atoms with Crippen molar-refractivity contribution >= 4 is 50.6 Å². The predicted molar refractivity (Wildman–Crippen MR) is 160 cm³/mol. The number of carbonyl (C=O) groups excluding carboxylic acids is 1. The van der Waals surface area contributed by atoms with Crippen molar-refractivity contribution in [2.45, 2.75) is 12.5 Å². The van der Waals surface area contributed by atoms with Gasteiger partial charge in [-0.1, -0.05) is 59.6 Å². The number of carbonyl (C=O) groups is 1. The number of thiophene rings is 1. The highest BCUT2D eigenvalue weighted by atomic mass is 35.5. The van der Waals surface area contributed by atoms with E-state index >= 15 is 0 Å². The quantitative estimate of drug-likeness (QED) is 0.152. The number of hydrogen-bond donors (Lipinski definition) is 1. The van der Waals surface area contributed by atoms with Crippen molar-refractivity contribution in [1.82, 2.24) is 0 Å². The van der Waals surface area contributed by atoms with Gasteiger partial charge in [0, 0.05) is 26.7 Å². The molecule has 0 fully saturated rings. The summed E-state index contributed by atoms with van der Waals surface area (Å²) in [5.74, 6) is -0.306. The van der Waals surface area contributed by atoms with E-state index in [-0.39, 0.29) is 34.5 Å². The molecule has 5 aromatic rings. The molecule has 0 saturated carbocycles. The highest BCUT2D eigenvalue weighted by Crippen LogP contribution is 2.44. The number of rotatable bonds is 6. The summed E-state index contributed by atoms with van der Waals surface area (Å²) in [6.45, 7) is 0.276. The molecule has 6 rings (SSSR count). The van der Waals surface area contributed by atoms with E-state index in [0.29, 0.717) is 32.5 Å². The molecule has 4 aromatic carbocycles. The van der Waals surface area contributed by atoms with Crippen molar-refractivity contribution in [3.63, 3.8) is 0 Å². The molecule has 2 N–H and O–H groups in total. The first-order valence-electron chi connectivity index (χ1n) is 12.6. The first-order chi connectivity index (χ1) is 20.3. The summed E-state index contributed by atoms with van der Waals surface area (Å²) in [4.78, 5) is 13.3. The zero-order valence-corrected chi connectivity index (χ0v) is 23.9. The molecule has 0 radical (unpaired) electrons. The fourth-order valence-corrected chi connectivity index (χ4v) is 6.33. The lowest BCUT2D eigenvalue weighted by Crippen LogP contribution is -2.21. The minimum absolute atomic E-state index is 0.0421. The number of benzene rings is 4. The van der Waals surface area contributed by atoms with Crippen molar-refractivity contribution in [2.24, 2.45) is 5.73 Å². The van der Waals surface area contributed by atoms with Gasteiger partial charge in [-0.05, 0) is 53.6 Å². The Bertz CT molecular complexity index is 1910. The van der Waals surface area contributed by atoms with E-state index in [0.717, 1.165) is 15.8 Å². The Balaban J connectivity index is 1.24. The maximum absolute atomic E-state index is 13.2. The van der Waals surface area contributed by atoms with Gasteiger partial charge in [-0.2, -0.15) is 5.26 Å². The first kappa shape index (κ1) is 27.6. The van der Waals surface area contributed by atoms with E-state index in [2.05, 4.69) is 6.07 Å². The van der Waals surface area contributed by atoms with Crippen LogP contribution in [0.25, 0.3) is 10.1 Å². The average Bonchev–Trinajstić information content (AvgIpc) is 3.31. The third-order valence-electron chi connectivity index (χ3n) is 6.71. The van der Waals surface area contributed by atoms with Crippen LogP contribution in [-0.2, 0) is 6.61 Å². The Morgan fingerprint density at radius 3 is 2.48 bits per heavy atom. The van der Waals surface area contributed by atoms with E-state index in [1.165, 1.54) is 23.5 Å². The molecule has 0 bridgehead atoms. The summed E-state index contributed by atoms with van der Waals surface area (Å²) in [5, 5.41) is 11.4. The van der Waals surface area contributed by atoms with Crippen molar-refractivity contribution in [3.8, 4) is 23.3 Å². The third-order valence-corrected chi connectivity index (χ3v) is 8.58. The van der Waals surface area contributed by atoms with Gasteiger partial charge in [0.1, 0.15) is 46.2 Å². The van der Waals surface area contributed by atoms with Gasteiger partial charge < -0.3 is 19.9 Å². The van der Waals surface area contributed by atoms with Gasteiger partial charge in [-0.25, -0.2) is 9.18 Å². The highest BCUT2D eigenvalue weighted by molar-refractivity contribution is 7.21. The highest BCUT2D eigenvalue weighted by Gasteiger charge is 2.31. The molecule has 1 atom stereocenters. The average molecular weight is 617 g/mol. The number of halogens is 3. The summed E-state index contributed by atoms with van der Waals surface area (Å²) in [6, 6.07) is 25.6. The second kappa shape index (κ2) is 11.4. The van der Waals surface area contributed by atoms with Crippen LogP contribution >= 0.6 is 34.5 Å². The maximum Gasteiger partial charge on any atom is 0.355 e. The molecule has 208 valence electrons.